The molecule has 13 heavy (non-hydrogen) atoms. The topological polar surface area (TPSA) is 110 Å². The van der Waals surface area contributed by atoms with Crippen LogP contribution in [0.3, 0.4) is 0 Å². The fourth-order valence-corrected chi connectivity index (χ4v) is 0.887. The van der Waals surface area contributed by atoms with Gasteiger partial charge in [0.2, 0.25) is 0 Å². The number of aliphatic hydroxyl groups is 2. The lowest BCUT2D eigenvalue weighted by atomic mass is 9.95. The number of hydrogen-bond donors (Lipinski definition) is 4. The molecule has 0 aromatic carbocycles. The lowest BCUT2D eigenvalue weighted by Crippen LogP contribution is -2.54. The SMILES string of the molecule is CC(C)C(=O)[C@@H](O)C(N)C(N)CO. The van der Waals surface area contributed by atoms with Gasteiger partial charge in [0, 0.05) is 12.0 Å². The second-order valence-corrected chi connectivity index (χ2v) is 3.43. The van der Waals surface area contributed by atoms with Crippen LogP contribution in [-0.2, 0) is 4.79 Å². The minimum atomic E-state index is -1.29. The molecule has 0 saturated heterocycles. The lowest BCUT2D eigenvalue weighted by molar-refractivity contribution is -0.131. The van der Waals surface area contributed by atoms with Crippen molar-refractivity contribution in [1.29, 1.82) is 0 Å². The van der Waals surface area contributed by atoms with Gasteiger partial charge in [0.05, 0.1) is 12.6 Å². The molecule has 0 spiro atoms. The van der Waals surface area contributed by atoms with Crippen LogP contribution in [0, 0.1) is 5.92 Å². The third-order valence-electron chi connectivity index (χ3n) is 1.93. The molecule has 78 valence electrons. The zero-order valence-corrected chi connectivity index (χ0v) is 7.97. The number of nitrogens with two attached hydrogens (primary N) is 2. The maximum absolute atomic E-state index is 11.2. The van der Waals surface area contributed by atoms with E-state index in [9.17, 15) is 9.90 Å². The maximum Gasteiger partial charge on any atom is 0.165 e. The highest BCUT2D eigenvalue weighted by molar-refractivity contribution is 5.85. The Morgan fingerprint density at radius 3 is 2.15 bits per heavy atom. The molecule has 0 radical (unpaired) electrons. The Morgan fingerprint density at radius 1 is 1.38 bits per heavy atom. The van der Waals surface area contributed by atoms with E-state index < -0.39 is 18.2 Å². The van der Waals surface area contributed by atoms with Gasteiger partial charge in [-0.3, -0.25) is 4.79 Å². The van der Waals surface area contributed by atoms with Crippen molar-refractivity contribution in [3.8, 4) is 0 Å². The van der Waals surface area contributed by atoms with E-state index in [2.05, 4.69) is 0 Å². The largest absolute Gasteiger partial charge is 0.395 e. The maximum atomic E-state index is 11.2. The van der Waals surface area contributed by atoms with Crippen molar-refractivity contribution in [1.82, 2.24) is 0 Å². The smallest absolute Gasteiger partial charge is 0.165 e. The first-order valence-corrected chi connectivity index (χ1v) is 4.25. The van der Waals surface area contributed by atoms with Gasteiger partial charge in [0.15, 0.2) is 5.78 Å². The van der Waals surface area contributed by atoms with Crippen LogP contribution in [0.4, 0.5) is 0 Å². The minimum Gasteiger partial charge on any atom is -0.395 e. The van der Waals surface area contributed by atoms with Crippen molar-refractivity contribution in [2.45, 2.75) is 32.0 Å². The number of rotatable bonds is 5. The van der Waals surface area contributed by atoms with Gasteiger partial charge in [-0.2, -0.15) is 0 Å². The highest BCUT2D eigenvalue weighted by atomic mass is 16.3. The summed E-state index contributed by atoms with van der Waals surface area (Å²) in [5, 5.41) is 18.0. The van der Waals surface area contributed by atoms with Crippen molar-refractivity contribution < 1.29 is 15.0 Å². The van der Waals surface area contributed by atoms with Gasteiger partial charge in [0.1, 0.15) is 6.10 Å². The zero-order valence-electron chi connectivity index (χ0n) is 7.97. The highest BCUT2D eigenvalue weighted by Crippen LogP contribution is 2.04. The van der Waals surface area contributed by atoms with Crippen LogP contribution < -0.4 is 11.5 Å². The fraction of sp³-hybridized carbons (Fsp3) is 0.875. The quantitative estimate of drug-likeness (QED) is 0.410. The number of Topliss-reactive ketones (excluding diaryl/α,β-unsaturated/α-hetero) is 1. The molecule has 0 aromatic rings. The van der Waals surface area contributed by atoms with E-state index in [1.807, 2.05) is 0 Å². The highest BCUT2D eigenvalue weighted by Gasteiger charge is 2.28. The predicted molar refractivity (Wildman–Crippen MR) is 48.9 cm³/mol. The molecule has 5 nitrogen and oxygen atoms in total. The molecule has 0 rings (SSSR count). The lowest BCUT2D eigenvalue weighted by Gasteiger charge is -2.23. The van der Waals surface area contributed by atoms with Crippen molar-refractivity contribution in [3.05, 3.63) is 0 Å². The Bertz CT molecular complexity index is 173. The molecule has 0 heterocycles. The number of hydrogen-bond acceptors (Lipinski definition) is 5. The summed E-state index contributed by atoms with van der Waals surface area (Å²) in [5.74, 6) is -0.636. The van der Waals surface area contributed by atoms with E-state index in [4.69, 9.17) is 16.6 Å². The predicted octanol–water partition coefficient (Wildman–Crippen LogP) is -1.78. The average molecular weight is 190 g/mol. The van der Waals surface area contributed by atoms with Crippen LogP contribution in [0.5, 0.6) is 0 Å². The van der Waals surface area contributed by atoms with E-state index in [-0.39, 0.29) is 18.3 Å². The van der Waals surface area contributed by atoms with Gasteiger partial charge >= 0.3 is 0 Å². The Morgan fingerprint density at radius 2 is 1.85 bits per heavy atom. The molecule has 0 bridgehead atoms. The summed E-state index contributed by atoms with van der Waals surface area (Å²) in [4.78, 5) is 11.2. The van der Waals surface area contributed by atoms with Gasteiger partial charge in [-0.1, -0.05) is 13.8 Å². The molecule has 0 aliphatic heterocycles. The van der Waals surface area contributed by atoms with Crippen LogP contribution >= 0.6 is 0 Å². The van der Waals surface area contributed by atoms with E-state index in [0.717, 1.165) is 0 Å². The number of ketones is 1. The monoisotopic (exact) mass is 190 g/mol. The second kappa shape index (κ2) is 5.29. The molecular weight excluding hydrogens is 172 g/mol. The molecule has 0 aliphatic rings. The third-order valence-corrected chi connectivity index (χ3v) is 1.93. The Labute approximate surface area is 77.7 Å². The molecule has 0 saturated carbocycles. The van der Waals surface area contributed by atoms with E-state index >= 15 is 0 Å². The summed E-state index contributed by atoms with van der Waals surface area (Å²) < 4.78 is 0. The van der Waals surface area contributed by atoms with Gasteiger partial charge in [-0.15, -0.1) is 0 Å². The van der Waals surface area contributed by atoms with Crippen molar-refractivity contribution in [2.75, 3.05) is 6.61 Å². The molecule has 0 aromatic heterocycles. The van der Waals surface area contributed by atoms with Crippen LogP contribution in [0.1, 0.15) is 13.8 Å². The van der Waals surface area contributed by atoms with Crippen molar-refractivity contribution in [2.24, 2.45) is 17.4 Å². The third kappa shape index (κ3) is 3.40. The summed E-state index contributed by atoms with van der Waals surface area (Å²) in [6.45, 7) is 3.00. The van der Waals surface area contributed by atoms with Crippen LogP contribution in [0.2, 0.25) is 0 Å². The number of carbonyl (C=O) groups is 1. The van der Waals surface area contributed by atoms with Crippen LogP contribution in [0.15, 0.2) is 0 Å². The zero-order chi connectivity index (χ0) is 10.6. The molecule has 2 unspecified atom stereocenters. The Hall–Kier alpha value is -0.490. The molecule has 6 N–H and O–H groups in total. The summed E-state index contributed by atoms with van der Waals surface area (Å²) in [6.07, 6.45) is -1.29. The fourth-order valence-electron chi connectivity index (χ4n) is 0.887. The molecular formula is C8H18N2O3. The number of aliphatic hydroxyl groups excluding tert-OH is 2. The molecule has 0 aliphatic carbocycles. The summed E-state index contributed by atoms with van der Waals surface area (Å²) >= 11 is 0. The molecule has 5 heteroatoms. The standard InChI is InChI=1S/C8H18N2O3/c1-4(2)7(12)8(13)6(10)5(9)3-11/h4-6,8,11,13H,3,9-10H2,1-2H3/t5?,6?,8-/m0/s1. The second-order valence-electron chi connectivity index (χ2n) is 3.43. The van der Waals surface area contributed by atoms with Gasteiger partial charge in [0.25, 0.3) is 0 Å². The summed E-state index contributed by atoms with van der Waals surface area (Å²) in [5.41, 5.74) is 10.8. The average Bonchev–Trinajstić information content (AvgIpc) is 2.12. The molecule has 0 fully saturated rings. The van der Waals surface area contributed by atoms with E-state index in [1.165, 1.54) is 0 Å². The normalized spacial score (nSPS) is 18.4. The first-order chi connectivity index (χ1) is 5.91. The first kappa shape index (κ1) is 12.5. The Balaban J connectivity index is 4.24. The molecule has 0 amide bonds. The van der Waals surface area contributed by atoms with Crippen molar-refractivity contribution >= 4 is 5.78 Å². The van der Waals surface area contributed by atoms with E-state index in [0.29, 0.717) is 0 Å². The van der Waals surface area contributed by atoms with Crippen molar-refractivity contribution in [3.63, 3.8) is 0 Å². The van der Waals surface area contributed by atoms with E-state index in [1.54, 1.807) is 13.8 Å². The Kier molecular flexibility index (Phi) is 5.09. The van der Waals surface area contributed by atoms with Crippen LogP contribution in [0.25, 0.3) is 0 Å². The van der Waals surface area contributed by atoms with Gasteiger partial charge < -0.3 is 21.7 Å². The van der Waals surface area contributed by atoms with Crippen LogP contribution in [-0.4, -0.2) is 40.8 Å². The summed E-state index contributed by atoms with van der Waals surface area (Å²) in [7, 11) is 0. The van der Waals surface area contributed by atoms with Gasteiger partial charge in [-0.05, 0) is 0 Å². The van der Waals surface area contributed by atoms with Gasteiger partial charge in [-0.25, -0.2) is 0 Å². The minimum absolute atomic E-state index is 0.285. The number of carbonyl (C=O) groups excluding carboxylic acids is 1. The molecule has 3 atom stereocenters. The summed E-state index contributed by atoms with van der Waals surface area (Å²) in [6, 6.07) is -1.67. The first-order valence-electron chi connectivity index (χ1n) is 4.25.